The Labute approximate surface area is 171 Å². The molecule has 0 nitrogen and oxygen atoms in total. The van der Waals surface area contributed by atoms with E-state index in [0.717, 1.165) is 0 Å². The maximum absolute atomic E-state index is 2.63. The van der Waals surface area contributed by atoms with Gasteiger partial charge in [-0.15, -0.1) is 0 Å². The summed E-state index contributed by atoms with van der Waals surface area (Å²) in [7, 11) is 0. The van der Waals surface area contributed by atoms with Crippen LogP contribution in [0.1, 0.15) is 54.4 Å². The Morgan fingerprint density at radius 1 is 0.792 bits per heavy atom. The van der Waals surface area contributed by atoms with Gasteiger partial charge in [-0.25, -0.2) is 0 Å². The van der Waals surface area contributed by atoms with Gasteiger partial charge < -0.3 is 24.8 Å². The number of hydrogen-bond donors (Lipinski definition) is 0. The van der Waals surface area contributed by atoms with Crippen LogP contribution in [0.3, 0.4) is 0 Å². The Bertz CT molecular complexity index is 532. The Kier molecular flexibility index (Phi) is 10.4. The third-order valence-electron chi connectivity index (χ3n) is 5.05. The molecule has 135 valence electrons. The molecule has 0 aromatic carbocycles. The molecule has 0 saturated heterocycles. The standard InChI is InChI=1S/2C9H13.C2H7Si.2ClH.Zr/c2*1-7(2)9-5-4-8(3)6-9;1-3-2;;;/h2*5,7H,4H2,1-3H3;3H,1-2H3;2*1H;/q;;;;;+2/p-2. The molecule has 0 heterocycles. The summed E-state index contributed by atoms with van der Waals surface area (Å²) in [6.07, 6.45) is 7.55. The average molecular weight is 464 g/mol. The summed E-state index contributed by atoms with van der Waals surface area (Å²) in [5.74, 6) is 0.768. The SMILES string of the molecule is CC1=[C]([Zr+2]([C]2=C(C)CC=C2C(C)C)[SiH](C)C)C(C(C)C)=CC1.[Cl-].[Cl-]. The van der Waals surface area contributed by atoms with E-state index in [0.29, 0.717) is 11.8 Å². The second-order valence-electron chi connectivity index (χ2n) is 7.92. The molecule has 2 aliphatic rings. The van der Waals surface area contributed by atoms with Crippen molar-refractivity contribution in [3.8, 4) is 0 Å². The summed E-state index contributed by atoms with van der Waals surface area (Å²) in [5, 5.41) is 0. The molecule has 0 atom stereocenters. The number of rotatable bonds is 5. The largest absolute Gasteiger partial charge is 1.00 e. The Morgan fingerprint density at radius 3 is 1.38 bits per heavy atom. The van der Waals surface area contributed by atoms with Crippen LogP contribution in [-0.4, -0.2) is 5.92 Å². The second kappa shape index (κ2) is 10.1. The fourth-order valence-electron chi connectivity index (χ4n) is 3.95. The van der Waals surface area contributed by atoms with Gasteiger partial charge in [0.05, 0.1) is 0 Å². The van der Waals surface area contributed by atoms with E-state index in [-0.39, 0.29) is 24.8 Å². The van der Waals surface area contributed by atoms with E-state index in [1.54, 1.807) is 22.3 Å². The fraction of sp³-hybridized carbons (Fsp3) is 0.600. The summed E-state index contributed by atoms with van der Waals surface area (Å²) in [6.45, 7) is 19.7. The molecule has 0 spiro atoms. The summed E-state index contributed by atoms with van der Waals surface area (Å²) < 4.78 is 3.84. The van der Waals surface area contributed by atoms with Crippen molar-refractivity contribution in [3.63, 3.8) is 0 Å². The normalized spacial score (nSPS) is 17.5. The number of hydrogen-bond acceptors (Lipinski definition) is 0. The average Bonchev–Trinajstić information content (AvgIpc) is 2.95. The molecule has 2 rings (SSSR count). The molecule has 24 heavy (non-hydrogen) atoms. The van der Waals surface area contributed by atoms with Gasteiger partial charge in [-0.1, -0.05) is 0 Å². The predicted octanol–water partition coefficient (Wildman–Crippen LogP) is 0.116. The third kappa shape index (κ3) is 4.87. The monoisotopic (exact) mass is 461 g/mol. The molecule has 2 aliphatic carbocycles. The molecule has 4 heteroatoms. The Hall–Kier alpha value is 0.640. The Morgan fingerprint density at radius 2 is 1.12 bits per heavy atom. The summed E-state index contributed by atoms with van der Waals surface area (Å²) >= 11 is -1.71. The molecule has 0 aliphatic heterocycles. The van der Waals surface area contributed by atoms with Crippen molar-refractivity contribution in [1.29, 1.82) is 0 Å². The third-order valence-corrected chi connectivity index (χ3v) is 24.3. The molecule has 0 amide bonds. The van der Waals surface area contributed by atoms with Gasteiger partial charge in [0.25, 0.3) is 0 Å². The van der Waals surface area contributed by atoms with Gasteiger partial charge in [-0.05, 0) is 0 Å². The minimum absolute atomic E-state index is 0. The maximum atomic E-state index is 2.63. The van der Waals surface area contributed by atoms with Crippen LogP contribution in [0, 0.1) is 11.8 Å². The zero-order chi connectivity index (χ0) is 16.6. The van der Waals surface area contributed by atoms with Crippen molar-refractivity contribution in [1.82, 2.24) is 0 Å². The van der Waals surface area contributed by atoms with Gasteiger partial charge in [0.2, 0.25) is 0 Å². The summed E-state index contributed by atoms with van der Waals surface area (Å²) in [6, 6.07) is 0. The van der Waals surface area contributed by atoms with Gasteiger partial charge in [0, 0.05) is 0 Å². The number of halogens is 2. The van der Waals surface area contributed by atoms with E-state index in [1.165, 1.54) is 12.8 Å². The van der Waals surface area contributed by atoms with Crippen LogP contribution in [0.4, 0.5) is 0 Å². The fourth-order valence-corrected chi connectivity index (χ4v) is 25.3. The Balaban J connectivity index is 0.00000264. The van der Waals surface area contributed by atoms with Crippen molar-refractivity contribution in [2.45, 2.75) is 67.5 Å². The second-order valence-corrected chi connectivity index (χ2v) is 26.6. The van der Waals surface area contributed by atoms with Crippen molar-refractivity contribution in [2.75, 3.05) is 0 Å². The molecule has 0 N–H and O–H groups in total. The first-order chi connectivity index (χ1) is 10.3. The van der Waals surface area contributed by atoms with Crippen LogP contribution in [0.25, 0.3) is 0 Å². The molecule has 0 bridgehead atoms. The van der Waals surface area contributed by atoms with Crippen molar-refractivity contribution >= 4 is 5.92 Å². The first kappa shape index (κ1) is 24.6. The molecule has 0 unspecified atom stereocenters. The van der Waals surface area contributed by atoms with E-state index < -0.39 is 26.8 Å². The smallest absolute Gasteiger partial charge is 1.00 e. The van der Waals surface area contributed by atoms with Gasteiger partial charge in [-0.2, -0.15) is 0 Å². The van der Waals surface area contributed by atoms with E-state index in [4.69, 9.17) is 0 Å². The molecule has 0 aromatic heterocycles. The van der Waals surface area contributed by atoms with Crippen LogP contribution >= 0.6 is 0 Å². The molecule has 0 aromatic rings. The predicted molar refractivity (Wildman–Crippen MR) is 99.4 cm³/mol. The zero-order valence-corrected chi connectivity index (χ0v) is 21.7. The minimum atomic E-state index is -1.71. The zero-order valence-electron chi connectivity index (χ0n) is 16.6. The van der Waals surface area contributed by atoms with Crippen molar-refractivity contribution in [3.05, 3.63) is 41.0 Å². The van der Waals surface area contributed by atoms with Crippen molar-refractivity contribution in [2.24, 2.45) is 11.8 Å². The van der Waals surface area contributed by atoms with Gasteiger partial charge in [0.1, 0.15) is 0 Å². The minimum Gasteiger partial charge on any atom is -1.00 e. The molecular weight excluding hydrogens is 430 g/mol. The van der Waals surface area contributed by atoms with E-state index in [1.807, 2.05) is 6.56 Å². The number of allylic oxidation sites excluding steroid dienone is 8. The first-order valence-electron chi connectivity index (χ1n) is 8.93. The summed E-state index contributed by atoms with van der Waals surface area (Å²) in [4.78, 5) is 0. The van der Waals surface area contributed by atoms with Gasteiger partial charge >= 0.3 is 147 Å². The topological polar surface area (TPSA) is 0 Å². The van der Waals surface area contributed by atoms with E-state index >= 15 is 0 Å². The first-order valence-corrected chi connectivity index (χ1v) is 18.5. The van der Waals surface area contributed by atoms with Gasteiger partial charge in [0.15, 0.2) is 0 Å². The molecular formula is C20H33Cl2SiZr. The molecule has 0 radical (unpaired) electrons. The van der Waals surface area contributed by atoms with E-state index in [2.05, 4.69) is 66.8 Å². The molecule has 0 fully saturated rings. The van der Waals surface area contributed by atoms with Crippen LogP contribution in [0.2, 0.25) is 13.1 Å². The van der Waals surface area contributed by atoms with Gasteiger partial charge in [-0.3, -0.25) is 0 Å². The molecule has 0 saturated carbocycles. The quantitative estimate of drug-likeness (QED) is 0.508. The van der Waals surface area contributed by atoms with Crippen molar-refractivity contribution < 1.29 is 45.7 Å². The van der Waals surface area contributed by atoms with Crippen LogP contribution in [-0.2, 0) is 20.9 Å². The van der Waals surface area contributed by atoms with E-state index in [9.17, 15) is 0 Å². The maximum Gasteiger partial charge on any atom is -1.00 e. The summed E-state index contributed by atoms with van der Waals surface area (Å²) in [5.41, 5.74) is 6.89. The van der Waals surface area contributed by atoms with Crippen LogP contribution in [0.5, 0.6) is 0 Å². The van der Waals surface area contributed by atoms with Crippen LogP contribution < -0.4 is 24.8 Å². The van der Waals surface area contributed by atoms with Crippen LogP contribution in [0.15, 0.2) is 41.0 Å².